The summed E-state index contributed by atoms with van der Waals surface area (Å²) in [6, 6.07) is 0. The lowest BCUT2D eigenvalue weighted by atomic mass is 10.3. The van der Waals surface area contributed by atoms with Crippen LogP contribution in [0.1, 0.15) is 40.5 Å². The molecule has 0 aliphatic carbocycles. The monoisotopic (exact) mass is 413 g/mol. The van der Waals surface area contributed by atoms with Gasteiger partial charge < -0.3 is 23.7 Å². The van der Waals surface area contributed by atoms with Crippen molar-refractivity contribution in [3.63, 3.8) is 0 Å². The summed E-state index contributed by atoms with van der Waals surface area (Å²) in [6.45, 7) is 8.94. The Hall–Kier alpha value is 0.620. The largest absolute Gasteiger partial charge is 0.363 e. The minimum absolute atomic E-state index is 0.294. The van der Waals surface area contributed by atoms with Gasteiger partial charge in [-0.3, -0.25) is 0 Å². The first-order chi connectivity index (χ1) is 12.5. The quantitative estimate of drug-likeness (QED) is 0.206. The molecule has 0 N–H and O–H groups in total. The highest BCUT2D eigenvalue weighted by Crippen LogP contribution is 2.38. The van der Waals surface area contributed by atoms with E-state index in [1.165, 1.54) is 0 Å². The lowest BCUT2D eigenvalue weighted by Gasteiger charge is -2.52. The lowest BCUT2D eigenvalue weighted by molar-refractivity contribution is -0.420. The average molecular weight is 413 g/mol. The number of nitrogens with zero attached hydrogens (tertiary/aromatic N) is 1. The van der Waals surface area contributed by atoms with Gasteiger partial charge in [0.1, 0.15) is 6.23 Å². The van der Waals surface area contributed by atoms with Crippen molar-refractivity contribution >= 4 is 17.2 Å². The summed E-state index contributed by atoms with van der Waals surface area (Å²) in [5.74, 6) is -1.93. The topological polar surface area (TPSA) is 49.4 Å². The van der Waals surface area contributed by atoms with Crippen molar-refractivity contribution in [2.45, 2.75) is 58.6 Å². The van der Waals surface area contributed by atoms with E-state index in [-0.39, 0.29) is 6.23 Å². The maximum absolute atomic E-state index is 5.95. The van der Waals surface area contributed by atoms with Crippen LogP contribution in [-0.4, -0.2) is 82.6 Å². The smallest absolute Gasteiger partial charge is 0.239 e. The molecule has 0 rings (SSSR count). The second-order valence-corrected chi connectivity index (χ2v) is 8.73. The zero-order chi connectivity index (χ0) is 20.1. The van der Waals surface area contributed by atoms with Gasteiger partial charge in [0.15, 0.2) is 0 Å². The molecule has 0 aromatic heterocycles. The number of hydrogen-bond donors (Lipinski definition) is 0. The minimum Gasteiger partial charge on any atom is -0.363 e. The van der Waals surface area contributed by atoms with Crippen LogP contribution in [0.2, 0.25) is 0 Å². The Morgan fingerprint density at radius 2 is 1.15 bits per heavy atom. The van der Waals surface area contributed by atoms with Crippen LogP contribution in [0.5, 0.6) is 0 Å². The highest BCUT2D eigenvalue weighted by molar-refractivity contribution is 7.38. The van der Waals surface area contributed by atoms with E-state index in [2.05, 4.69) is 13.8 Å². The van der Waals surface area contributed by atoms with E-state index < -0.39 is 11.8 Å². The fourth-order valence-electron chi connectivity index (χ4n) is 2.99. The number of hydrogen-bond acceptors (Lipinski definition) is 6. The molecule has 0 saturated heterocycles. The summed E-state index contributed by atoms with van der Waals surface area (Å²) in [6.07, 6.45) is 5.72. The zero-order valence-electron chi connectivity index (χ0n) is 18.0. The molecule has 0 amide bonds. The maximum Gasteiger partial charge on any atom is 0.239 e. The van der Waals surface area contributed by atoms with E-state index in [0.29, 0.717) is 23.8 Å². The van der Waals surface area contributed by atoms with Crippen molar-refractivity contribution in [2.75, 3.05) is 59.7 Å². The Balaban J connectivity index is 5.92. The van der Waals surface area contributed by atoms with E-state index >= 15 is 0 Å². The van der Waals surface area contributed by atoms with Crippen LogP contribution in [0.25, 0.3) is 0 Å². The van der Waals surface area contributed by atoms with Crippen molar-refractivity contribution in [3.8, 4) is 0 Å². The van der Waals surface area contributed by atoms with Crippen LogP contribution >= 0.6 is 17.2 Å². The van der Waals surface area contributed by atoms with E-state index in [4.69, 9.17) is 23.7 Å². The molecule has 158 valence electrons. The van der Waals surface area contributed by atoms with Crippen LogP contribution in [0.3, 0.4) is 0 Å². The van der Waals surface area contributed by atoms with Crippen LogP contribution in [0.15, 0.2) is 0 Å². The molecule has 0 spiro atoms. The van der Waals surface area contributed by atoms with Crippen LogP contribution in [0, 0.1) is 0 Å². The van der Waals surface area contributed by atoms with Crippen LogP contribution < -0.4 is 0 Å². The van der Waals surface area contributed by atoms with Crippen LogP contribution in [-0.2, 0) is 23.7 Å². The molecule has 0 fully saturated rings. The second-order valence-electron chi connectivity index (χ2n) is 6.02. The Morgan fingerprint density at radius 1 is 0.769 bits per heavy atom. The van der Waals surface area contributed by atoms with Crippen molar-refractivity contribution in [3.05, 3.63) is 0 Å². The molecule has 0 radical (unpaired) electrons. The molecule has 0 saturated carbocycles. The van der Waals surface area contributed by atoms with Gasteiger partial charge in [-0.25, -0.2) is 0 Å². The molecule has 0 bridgehead atoms. The summed E-state index contributed by atoms with van der Waals surface area (Å²) in [5, 5.41) is 0. The first-order valence-corrected chi connectivity index (χ1v) is 12.3. The first kappa shape index (κ1) is 26.6. The van der Waals surface area contributed by atoms with Crippen molar-refractivity contribution in [1.29, 1.82) is 0 Å². The predicted octanol–water partition coefficient (Wildman–Crippen LogP) is 3.74. The third-order valence-corrected chi connectivity index (χ3v) is 7.43. The van der Waals surface area contributed by atoms with Crippen molar-refractivity contribution < 1.29 is 23.7 Å². The molecular weight excluding hydrogens is 372 g/mol. The molecule has 3 atom stereocenters. The summed E-state index contributed by atoms with van der Waals surface area (Å²) in [7, 11) is 8.13. The molecule has 0 aromatic carbocycles. The van der Waals surface area contributed by atoms with Crippen molar-refractivity contribution in [2.24, 2.45) is 0 Å². The lowest BCUT2D eigenvalue weighted by Crippen LogP contribution is -2.69. The van der Waals surface area contributed by atoms with Gasteiger partial charge in [0.05, 0.1) is 0 Å². The molecule has 6 nitrogen and oxygen atoms in total. The third kappa shape index (κ3) is 7.22. The Labute approximate surface area is 164 Å². The fourth-order valence-corrected chi connectivity index (χ4v) is 5.61. The van der Waals surface area contributed by atoms with Gasteiger partial charge in [-0.05, 0) is 26.2 Å². The van der Waals surface area contributed by atoms with Gasteiger partial charge in [-0.2, -0.15) is 4.90 Å². The molecular formula is C18H41NO5P2. The number of methoxy groups -OCH3 is 4. The Morgan fingerprint density at radius 3 is 1.42 bits per heavy atom. The third-order valence-electron chi connectivity index (χ3n) is 4.33. The normalized spacial score (nSPS) is 15.1. The van der Waals surface area contributed by atoms with E-state index in [9.17, 15) is 0 Å². The molecule has 0 aliphatic heterocycles. The Bertz CT molecular complexity index is 316. The average Bonchev–Trinajstić information content (AvgIpc) is 2.66. The number of rotatable bonds is 17. The highest BCUT2D eigenvalue weighted by atomic mass is 31.1. The van der Waals surface area contributed by atoms with Crippen molar-refractivity contribution in [1.82, 2.24) is 4.90 Å². The zero-order valence-corrected chi connectivity index (χ0v) is 20.0. The molecule has 26 heavy (non-hydrogen) atoms. The molecule has 0 heterocycles. The summed E-state index contributed by atoms with van der Waals surface area (Å²) < 4.78 is 29.8. The fraction of sp³-hybridized carbons (Fsp3) is 1.00. The molecule has 0 aliphatic rings. The maximum atomic E-state index is 5.95. The second kappa shape index (κ2) is 14.6. The molecule has 0 aromatic rings. The SMILES string of the molecule is CCCPCC(OC)(OC)N(C(C)OCC)C(CPCCC)(OC)OC. The van der Waals surface area contributed by atoms with Gasteiger partial charge in [0.25, 0.3) is 0 Å². The summed E-state index contributed by atoms with van der Waals surface area (Å²) in [4.78, 5) is 1.99. The predicted molar refractivity (Wildman–Crippen MR) is 113 cm³/mol. The van der Waals surface area contributed by atoms with Gasteiger partial charge in [0, 0.05) is 47.4 Å². The van der Waals surface area contributed by atoms with Crippen LogP contribution in [0.4, 0.5) is 0 Å². The summed E-state index contributed by atoms with van der Waals surface area (Å²) >= 11 is 0. The summed E-state index contributed by atoms with van der Waals surface area (Å²) in [5.41, 5.74) is 0. The molecule has 8 heteroatoms. The minimum atomic E-state index is -0.967. The Kier molecular flexibility index (Phi) is 14.9. The van der Waals surface area contributed by atoms with E-state index in [0.717, 1.165) is 37.5 Å². The van der Waals surface area contributed by atoms with Gasteiger partial charge in [-0.15, -0.1) is 17.2 Å². The van der Waals surface area contributed by atoms with E-state index in [1.54, 1.807) is 28.4 Å². The van der Waals surface area contributed by atoms with Gasteiger partial charge in [0.2, 0.25) is 11.8 Å². The van der Waals surface area contributed by atoms with E-state index in [1.807, 2.05) is 18.7 Å². The van der Waals surface area contributed by atoms with Gasteiger partial charge >= 0.3 is 0 Å². The molecule has 3 unspecified atom stereocenters. The number of ether oxygens (including phenoxy) is 5. The first-order valence-electron chi connectivity index (χ1n) is 9.50. The highest BCUT2D eigenvalue weighted by Gasteiger charge is 2.53. The standard InChI is InChI=1S/C18H41NO5P2/c1-9-12-25-14-17(20-5,21-6)19(16(4)24-11-3)18(22-7,23-8)15-26-13-10-2/h16,25-26H,9-15H2,1-8H3. The van der Waals surface area contributed by atoms with Gasteiger partial charge in [-0.1, -0.05) is 26.7 Å².